The minimum Gasteiger partial charge on any atom is -0.481 e. The van der Waals surface area contributed by atoms with Crippen LogP contribution in [0.5, 0.6) is 0 Å². The highest BCUT2D eigenvalue weighted by molar-refractivity contribution is 5.99. The molecule has 9 fully saturated rings. The predicted molar refractivity (Wildman–Crippen MR) is 472 cm³/mol. The van der Waals surface area contributed by atoms with Crippen molar-refractivity contribution in [1.29, 1.82) is 0 Å². The molecule has 3 aliphatic carbocycles. The maximum Gasteiger partial charge on any atom is 0.409 e. The van der Waals surface area contributed by atoms with Gasteiger partial charge in [0, 0.05) is 158 Å². The predicted octanol–water partition coefficient (Wildman–Crippen LogP) is 10.6. The summed E-state index contributed by atoms with van der Waals surface area (Å²) in [5.41, 5.74) is 1.09. The number of hydrogen-bond acceptors (Lipinski definition) is 22. The largest absolute Gasteiger partial charge is 0.481 e. The first-order valence-electron chi connectivity index (χ1n) is 45.9. The standard InChI is InChI=1S/C94H122N18O14/c1-7-13-47-124-89(121)107-41-35-104(36-42-107)85(116)69(10-4)98-82(113)72-50-75(101-79(95-72)62-27-19-16-20-28-62)110-56-65-53-92(65,59-110)34-26-25-33-68(93-54-66(93)57-111(60-93)76-51-73(96-80(102-76)63-29-21-17-22-30-63)83(114)99-70(11-5)86(117)105-37-43-108(44-38-105)90(122)125-48-14-8-2)78(88(119)120)94-55-67(94)58-112(61-94)77-52-74(97-81(103-77)64-31-23-18-24-32-64)84(115)100-71(12-6)87(118)106-39-45-109(46-40-106)91(123)126-49-15-9-3/h16-24,27-32,50-52,65-71,78H,7-15,25-26,33-49,53-61H2,1-6H3,(H,98,113)(H,99,114)(H,100,115)(H,119,120)/t65?,66?,67?,68?,69-,70-,71-,78?,92?,93?,94?/m0/s1. The van der Waals surface area contributed by atoms with Crippen molar-refractivity contribution in [2.24, 2.45) is 45.8 Å². The molecule has 0 spiro atoms. The van der Waals surface area contributed by atoms with Gasteiger partial charge in [0.25, 0.3) is 17.7 Å². The molecule has 0 bridgehead atoms. The van der Waals surface area contributed by atoms with Crippen molar-refractivity contribution in [3.05, 3.63) is 126 Å². The number of piperazine rings is 3. The van der Waals surface area contributed by atoms with Crippen LogP contribution in [0.15, 0.2) is 109 Å². The quantitative estimate of drug-likeness (QED) is 0.0210. The van der Waals surface area contributed by atoms with E-state index in [4.69, 9.17) is 44.1 Å². The third-order valence-corrected chi connectivity index (χ3v) is 27.8. The number of carbonyl (C=O) groups excluding carboxylic acids is 9. The van der Waals surface area contributed by atoms with E-state index in [0.29, 0.717) is 189 Å². The van der Waals surface area contributed by atoms with Gasteiger partial charge >= 0.3 is 24.2 Å². The van der Waals surface area contributed by atoms with Crippen LogP contribution in [0.3, 0.4) is 0 Å². The fraction of sp³-hybridized carbons (Fsp3) is 0.574. The third-order valence-electron chi connectivity index (χ3n) is 27.8. The summed E-state index contributed by atoms with van der Waals surface area (Å²) in [6.07, 6.45) is 10.2. The summed E-state index contributed by atoms with van der Waals surface area (Å²) in [7, 11) is 0. The lowest BCUT2D eigenvalue weighted by Crippen LogP contribution is -2.55. The first kappa shape index (κ1) is 89.2. The van der Waals surface area contributed by atoms with Gasteiger partial charge in [0.1, 0.15) is 52.7 Å². The number of hydrogen-bond donors (Lipinski definition) is 4. The van der Waals surface area contributed by atoms with Gasteiger partial charge in [-0.15, -0.1) is 0 Å². The molecule has 8 unspecified atom stereocenters. The average Bonchev–Trinajstić information content (AvgIpc) is 1.51. The Kier molecular flexibility index (Phi) is 28.0. The highest BCUT2D eigenvalue weighted by Gasteiger charge is 2.73. The molecule has 11 atom stereocenters. The average molecular weight is 1730 g/mol. The molecule has 6 saturated heterocycles. The van der Waals surface area contributed by atoms with Crippen LogP contribution in [0.4, 0.5) is 31.8 Å². The van der Waals surface area contributed by atoms with E-state index in [-0.39, 0.29) is 90.6 Å². The lowest BCUT2D eigenvalue weighted by Gasteiger charge is -2.37. The van der Waals surface area contributed by atoms with Gasteiger partial charge in [-0.1, -0.05) is 165 Å². The Bertz CT molecular complexity index is 4920. The Morgan fingerprint density at radius 1 is 0.397 bits per heavy atom. The number of carbonyl (C=O) groups is 10. The van der Waals surface area contributed by atoms with Crippen LogP contribution in [0.2, 0.25) is 0 Å². The molecule has 3 aromatic heterocycles. The molecule has 6 aliphatic heterocycles. The summed E-state index contributed by atoms with van der Waals surface area (Å²) < 4.78 is 16.4. The van der Waals surface area contributed by atoms with E-state index < -0.39 is 76.8 Å². The smallest absolute Gasteiger partial charge is 0.409 e. The SMILES string of the molecule is CCCCOC(=O)N1CCN(C(=O)[C@H](CC)NC(=O)c2cc(N3CC4CC4(CCCCC(C(C(=O)O)C45CC4CN(c4cc(C(=O)N[C@@H](CC)C(=O)N6CCN(C(=O)OCCCC)CC6)nc(-c6ccccc6)n4)C5)C45CC4CN(c4cc(C(=O)N[C@@H](CC)C(=O)N6CCN(C(=O)OCCCC)CC6)nc(-c6ccccc6)n4)C5)C3)nc(-c3ccccc3)n2)CC1. The molecular weight excluding hydrogens is 1610 g/mol. The van der Waals surface area contributed by atoms with E-state index >= 15 is 4.79 Å². The maximum atomic E-state index is 15.0. The number of carboxylic acid groups (broad SMARTS) is 1. The minimum absolute atomic E-state index is 0.0393. The summed E-state index contributed by atoms with van der Waals surface area (Å²) in [5.74, 6) is -1.45. The zero-order chi connectivity index (χ0) is 88.4. The number of anilines is 3. The first-order chi connectivity index (χ1) is 61.1. The molecule has 9 heterocycles. The van der Waals surface area contributed by atoms with Crippen molar-refractivity contribution >= 4 is 77.1 Å². The van der Waals surface area contributed by atoms with E-state index in [2.05, 4.69) is 30.7 Å². The van der Waals surface area contributed by atoms with Gasteiger partial charge in [-0.3, -0.25) is 33.6 Å². The fourth-order valence-corrected chi connectivity index (χ4v) is 20.2. The second-order valence-electron chi connectivity index (χ2n) is 35.9. The second-order valence-corrected chi connectivity index (χ2v) is 35.9. The Morgan fingerprint density at radius 3 is 1.07 bits per heavy atom. The molecule has 126 heavy (non-hydrogen) atoms. The molecule has 6 aromatic rings. The summed E-state index contributed by atoms with van der Waals surface area (Å²) in [6.45, 7) is 19.4. The molecular formula is C94H122N18O14. The van der Waals surface area contributed by atoms with Crippen LogP contribution in [-0.2, 0) is 33.4 Å². The molecule has 9 aliphatic rings. The van der Waals surface area contributed by atoms with E-state index in [0.717, 1.165) is 76.2 Å². The lowest BCUT2D eigenvalue weighted by molar-refractivity contribution is -0.148. The number of amides is 9. The third kappa shape index (κ3) is 19.8. The maximum absolute atomic E-state index is 15.0. The number of rotatable bonds is 36. The van der Waals surface area contributed by atoms with Crippen molar-refractivity contribution in [2.75, 3.05) is 152 Å². The fourth-order valence-electron chi connectivity index (χ4n) is 20.2. The number of ether oxygens (including phenoxy) is 3. The van der Waals surface area contributed by atoms with Gasteiger partial charge in [-0.05, 0) is 105 Å². The van der Waals surface area contributed by atoms with Gasteiger partial charge in [0.2, 0.25) is 17.7 Å². The monoisotopic (exact) mass is 1730 g/mol. The van der Waals surface area contributed by atoms with Crippen LogP contribution in [0.25, 0.3) is 34.2 Å². The Balaban J connectivity index is 0.680. The Hall–Kier alpha value is -11.6. The van der Waals surface area contributed by atoms with Crippen molar-refractivity contribution in [2.45, 2.75) is 162 Å². The topological polar surface area (TPSA) is 361 Å². The van der Waals surface area contributed by atoms with Gasteiger partial charge in [-0.2, -0.15) is 0 Å². The Labute approximate surface area is 737 Å². The molecule has 0 radical (unpaired) electrons. The van der Waals surface area contributed by atoms with Gasteiger partial charge < -0.3 is 79.4 Å². The van der Waals surface area contributed by atoms with E-state index in [1.54, 1.807) is 47.6 Å². The zero-order valence-electron chi connectivity index (χ0n) is 73.6. The Morgan fingerprint density at radius 2 is 0.722 bits per heavy atom. The number of nitrogens with zero attached hydrogens (tertiary/aromatic N) is 15. The van der Waals surface area contributed by atoms with Gasteiger partial charge in [0.15, 0.2) is 17.5 Å². The van der Waals surface area contributed by atoms with Crippen molar-refractivity contribution in [3.8, 4) is 34.2 Å². The minimum atomic E-state index is -0.900. The van der Waals surface area contributed by atoms with Crippen molar-refractivity contribution in [3.63, 3.8) is 0 Å². The molecule has 32 nitrogen and oxygen atoms in total. The van der Waals surface area contributed by atoms with Crippen LogP contribution in [-0.4, -0.2) is 280 Å². The number of carboxylic acids is 1. The number of aliphatic carboxylic acids is 1. The normalized spacial score (nSPS) is 22.7. The molecule has 3 aromatic carbocycles. The number of fused-ring (bicyclic) bond motifs is 3. The molecule has 15 rings (SSSR count). The highest BCUT2D eigenvalue weighted by atomic mass is 16.6. The summed E-state index contributed by atoms with van der Waals surface area (Å²) in [4.78, 5) is 187. The summed E-state index contributed by atoms with van der Waals surface area (Å²) >= 11 is 0. The molecule has 4 N–H and O–H groups in total. The summed E-state index contributed by atoms with van der Waals surface area (Å²) in [5, 5.41) is 21.3. The van der Waals surface area contributed by atoms with Crippen molar-refractivity contribution in [1.82, 2.24) is 75.3 Å². The number of benzene rings is 3. The van der Waals surface area contributed by atoms with Gasteiger partial charge in [0.05, 0.1) is 25.7 Å². The zero-order valence-corrected chi connectivity index (χ0v) is 73.6. The van der Waals surface area contributed by atoms with Crippen LogP contribution in [0, 0.1) is 45.8 Å². The van der Waals surface area contributed by atoms with Gasteiger partial charge in [-0.25, -0.2) is 44.3 Å². The van der Waals surface area contributed by atoms with Crippen LogP contribution in [0.1, 0.15) is 176 Å². The molecule has 32 heteroatoms. The molecule has 672 valence electrons. The molecule has 3 saturated carbocycles. The van der Waals surface area contributed by atoms with Crippen LogP contribution < -0.4 is 30.7 Å². The van der Waals surface area contributed by atoms with E-state index in [1.165, 1.54) is 0 Å². The first-order valence-corrected chi connectivity index (χ1v) is 45.9. The van der Waals surface area contributed by atoms with E-state index in [1.807, 2.05) is 133 Å². The number of piperidine rings is 3. The second kappa shape index (κ2) is 39.5. The number of aromatic nitrogens is 6. The highest BCUT2D eigenvalue weighted by Crippen LogP contribution is 2.72. The molecule has 9 amide bonds. The van der Waals surface area contributed by atoms with Crippen molar-refractivity contribution < 1.29 is 67.3 Å². The number of nitrogens with one attached hydrogen (secondary N) is 3. The summed E-state index contributed by atoms with van der Waals surface area (Å²) in [6, 6.07) is 30.8. The van der Waals surface area contributed by atoms with Crippen LogP contribution >= 0.6 is 0 Å². The number of unbranched alkanes of at least 4 members (excludes halogenated alkanes) is 4. The lowest BCUT2D eigenvalue weighted by atomic mass is 9.68. The van der Waals surface area contributed by atoms with E-state index in [9.17, 15) is 48.3 Å².